The van der Waals surface area contributed by atoms with Gasteiger partial charge in [0.2, 0.25) is 0 Å². The van der Waals surface area contributed by atoms with Crippen molar-refractivity contribution in [3.05, 3.63) is 64.2 Å². The number of methoxy groups -OCH3 is 1. The second-order valence-corrected chi connectivity index (χ2v) is 6.87. The van der Waals surface area contributed by atoms with Gasteiger partial charge >= 0.3 is 5.97 Å². The largest absolute Gasteiger partial charge is 0.491 e. The molecule has 0 aromatic heterocycles. The molecular formula is C21H22ClNO3. The van der Waals surface area contributed by atoms with Crippen LogP contribution in [0, 0.1) is 11.3 Å². The average molecular weight is 372 g/mol. The molecule has 0 radical (unpaired) electrons. The Balaban J connectivity index is 2.24. The number of benzene rings is 2. The van der Waals surface area contributed by atoms with Crippen molar-refractivity contribution in [2.24, 2.45) is 0 Å². The van der Waals surface area contributed by atoms with Gasteiger partial charge in [-0.05, 0) is 29.7 Å². The maximum atomic E-state index is 11.1. The molecule has 0 amide bonds. The first-order valence-electron chi connectivity index (χ1n) is 8.39. The van der Waals surface area contributed by atoms with Gasteiger partial charge in [-0.2, -0.15) is 5.26 Å². The number of nitriles is 1. The molecule has 0 fully saturated rings. The van der Waals surface area contributed by atoms with Crippen LogP contribution in [0.2, 0.25) is 5.02 Å². The molecule has 136 valence electrons. The van der Waals surface area contributed by atoms with Gasteiger partial charge in [0.15, 0.2) is 5.75 Å². The maximum absolute atomic E-state index is 11.1. The third-order valence-corrected chi connectivity index (χ3v) is 4.66. The van der Waals surface area contributed by atoms with Crippen LogP contribution in [0.1, 0.15) is 43.4 Å². The number of ether oxygens (including phenoxy) is 2. The zero-order valence-corrected chi connectivity index (χ0v) is 16.0. The fourth-order valence-electron chi connectivity index (χ4n) is 2.70. The summed E-state index contributed by atoms with van der Waals surface area (Å²) in [6.45, 7) is 4.46. The Hall–Kier alpha value is -2.51. The van der Waals surface area contributed by atoms with E-state index in [2.05, 4.69) is 36.8 Å². The normalized spacial score (nSPS) is 10.9. The van der Waals surface area contributed by atoms with Gasteiger partial charge in [0.1, 0.15) is 6.07 Å². The summed E-state index contributed by atoms with van der Waals surface area (Å²) in [5, 5.41) is 9.91. The minimum Gasteiger partial charge on any atom is -0.491 e. The van der Waals surface area contributed by atoms with Crippen LogP contribution in [0.25, 0.3) is 0 Å². The van der Waals surface area contributed by atoms with E-state index >= 15 is 0 Å². The zero-order valence-electron chi connectivity index (χ0n) is 15.2. The van der Waals surface area contributed by atoms with E-state index in [-0.39, 0.29) is 24.4 Å². The third kappa shape index (κ3) is 4.56. The summed E-state index contributed by atoms with van der Waals surface area (Å²) in [7, 11) is 1.35. The first kappa shape index (κ1) is 19.8. The summed E-state index contributed by atoms with van der Waals surface area (Å²) < 4.78 is 10.3. The van der Waals surface area contributed by atoms with E-state index in [0.29, 0.717) is 22.8 Å². The van der Waals surface area contributed by atoms with Gasteiger partial charge in [0.05, 0.1) is 24.3 Å². The molecule has 0 unspecified atom stereocenters. The van der Waals surface area contributed by atoms with E-state index in [1.165, 1.54) is 7.11 Å². The van der Waals surface area contributed by atoms with Crippen molar-refractivity contribution in [1.29, 1.82) is 5.26 Å². The lowest BCUT2D eigenvalue weighted by Gasteiger charge is -2.27. The van der Waals surface area contributed by atoms with Crippen LogP contribution >= 0.6 is 11.6 Å². The highest BCUT2D eigenvalue weighted by molar-refractivity contribution is 6.32. The molecule has 0 aliphatic heterocycles. The Morgan fingerprint density at radius 2 is 1.88 bits per heavy atom. The van der Waals surface area contributed by atoms with Gasteiger partial charge in [0.25, 0.3) is 0 Å². The van der Waals surface area contributed by atoms with Crippen molar-refractivity contribution in [2.75, 3.05) is 13.7 Å². The van der Waals surface area contributed by atoms with Crippen LogP contribution in [0.3, 0.4) is 0 Å². The number of halogens is 1. The number of hydrogen-bond acceptors (Lipinski definition) is 4. The maximum Gasteiger partial charge on any atom is 0.305 e. The molecule has 26 heavy (non-hydrogen) atoms. The van der Waals surface area contributed by atoms with Crippen molar-refractivity contribution in [3.8, 4) is 11.8 Å². The fraction of sp³-hybridized carbons (Fsp3) is 0.333. The first-order chi connectivity index (χ1) is 12.4. The van der Waals surface area contributed by atoms with E-state index in [0.717, 1.165) is 11.1 Å². The SMILES string of the molecule is COC(=O)CCCOc1c(Cl)cc(C(C)(C)c2ccccc2)cc1C#N. The number of carbonyl (C=O) groups is 1. The molecular weight excluding hydrogens is 350 g/mol. The molecule has 4 nitrogen and oxygen atoms in total. The first-order valence-corrected chi connectivity index (χ1v) is 8.77. The van der Waals surface area contributed by atoms with Crippen LogP contribution < -0.4 is 4.74 Å². The van der Waals surface area contributed by atoms with Gasteiger partial charge < -0.3 is 9.47 Å². The minimum atomic E-state index is -0.306. The fourth-order valence-corrected chi connectivity index (χ4v) is 2.97. The average Bonchev–Trinajstić information content (AvgIpc) is 2.66. The zero-order chi connectivity index (χ0) is 19.2. The Labute approximate surface area is 159 Å². The van der Waals surface area contributed by atoms with E-state index in [1.54, 1.807) is 0 Å². The van der Waals surface area contributed by atoms with Crippen molar-refractivity contribution in [2.45, 2.75) is 32.1 Å². The molecule has 0 bridgehead atoms. The standard InChI is InChI=1S/C21H22ClNO3/c1-21(2,16-8-5-4-6-9-16)17-12-15(14-23)20(18(22)13-17)26-11-7-10-19(24)25-3/h4-6,8-9,12-13H,7,10-11H2,1-3H3. The molecule has 0 saturated carbocycles. The lowest BCUT2D eigenvalue weighted by Crippen LogP contribution is -2.19. The summed E-state index contributed by atoms with van der Waals surface area (Å²) in [5.41, 5.74) is 2.15. The Kier molecular flexibility index (Phi) is 6.65. The van der Waals surface area contributed by atoms with E-state index < -0.39 is 0 Å². The summed E-state index contributed by atoms with van der Waals surface area (Å²) >= 11 is 6.41. The van der Waals surface area contributed by atoms with Gasteiger partial charge in [-0.3, -0.25) is 4.79 Å². The highest BCUT2D eigenvalue weighted by atomic mass is 35.5. The number of carbonyl (C=O) groups excluding carboxylic acids is 1. The predicted molar refractivity (Wildman–Crippen MR) is 101 cm³/mol. The lowest BCUT2D eigenvalue weighted by atomic mass is 9.77. The van der Waals surface area contributed by atoms with Crippen molar-refractivity contribution < 1.29 is 14.3 Å². The number of esters is 1. The monoisotopic (exact) mass is 371 g/mol. The van der Waals surface area contributed by atoms with Crippen LogP contribution in [-0.2, 0) is 14.9 Å². The van der Waals surface area contributed by atoms with Crippen molar-refractivity contribution in [1.82, 2.24) is 0 Å². The summed E-state index contributed by atoms with van der Waals surface area (Å²) in [6, 6.07) is 15.9. The topological polar surface area (TPSA) is 59.3 Å². The molecule has 0 spiro atoms. The summed E-state index contributed by atoms with van der Waals surface area (Å²) in [6.07, 6.45) is 0.750. The molecule has 0 aliphatic rings. The van der Waals surface area contributed by atoms with Gasteiger partial charge in [-0.25, -0.2) is 0 Å². The number of nitrogens with zero attached hydrogens (tertiary/aromatic N) is 1. The molecule has 2 rings (SSSR count). The number of rotatable bonds is 7. The summed E-state index contributed by atoms with van der Waals surface area (Å²) in [5.74, 6) is 0.0619. The van der Waals surface area contributed by atoms with E-state index in [9.17, 15) is 10.1 Å². The second kappa shape index (κ2) is 8.73. The number of hydrogen-bond donors (Lipinski definition) is 0. The van der Waals surface area contributed by atoms with Crippen molar-refractivity contribution in [3.63, 3.8) is 0 Å². The van der Waals surface area contributed by atoms with Crippen LogP contribution in [0.15, 0.2) is 42.5 Å². The van der Waals surface area contributed by atoms with Gasteiger partial charge in [0, 0.05) is 11.8 Å². The van der Waals surface area contributed by atoms with Crippen LogP contribution in [0.4, 0.5) is 0 Å². The van der Waals surface area contributed by atoms with Gasteiger partial charge in [-0.15, -0.1) is 0 Å². The predicted octanol–water partition coefficient (Wildman–Crippen LogP) is 4.87. The van der Waals surface area contributed by atoms with E-state index in [1.807, 2.05) is 30.3 Å². The molecule has 0 atom stereocenters. The Bertz CT molecular complexity index is 810. The van der Waals surface area contributed by atoms with Crippen LogP contribution in [0.5, 0.6) is 5.75 Å². The van der Waals surface area contributed by atoms with Gasteiger partial charge in [-0.1, -0.05) is 55.8 Å². The quantitative estimate of drug-likeness (QED) is 0.514. The smallest absolute Gasteiger partial charge is 0.305 e. The van der Waals surface area contributed by atoms with E-state index in [4.69, 9.17) is 16.3 Å². The highest BCUT2D eigenvalue weighted by Crippen LogP contribution is 2.38. The minimum absolute atomic E-state index is 0.259. The molecule has 2 aromatic rings. The third-order valence-electron chi connectivity index (χ3n) is 4.38. The second-order valence-electron chi connectivity index (χ2n) is 6.47. The Morgan fingerprint density at radius 3 is 2.50 bits per heavy atom. The molecule has 0 N–H and O–H groups in total. The molecule has 5 heteroatoms. The molecule has 0 heterocycles. The van der Waals surface area contributed by atoms with Crippen LogP contribution in [-0.4, -0.2) is 19.7 Å². The molecule has 0 saturated heterocycles. The highest BCUT2D eigenvalue weighted by Gasteiger charge is 2.25. The molecule has 2 aromatic carbocycles. The summed E-state index contributed by atoms with van der Waals surface area (Å²) in [4.78, 5) is 11.1. The Morgan fingerprint density at radius 1 is 1.19 bits per heavy atom. The lowest BCUT2D eigenvalue weighted by molar-refractivity contribution is -0.140. The van der Waals surface area contributed by atoms with Crippen molar-refractivity contribution >= 4 is 17.6 Å². The molecule has 0 aliphatic carbocycles.